The SMILES string of the molecule is C[Si](C)C1(C)CCCCC1. The zero-order chi connectivity index (χ0) is 7.61. The van der Waals surface area contributed by atoms with Gasteiger partial charge < -0.3 is 0 Å². The summed E-state index contributed by atoms with van der Waals surface area (Å²) in [5, 5.41) is 0.781. The topological polar surface area (TPSA) is 0 Å². The van der Waals surface area contributed by atoms with Crippen LogP contribution in [0.3, 0.4) is 0 Å². The second kappa shape index (κ2) is 3.08. The fourth-order valence-corrected chi connectivity index (χ4v) is 3.19. The average molecular weight is 155 g/mol. The summed E-state index contributed by atoms with van der Waals surface area (Å²) in [5.74, 6) is 0. The molecule has 0 aromatic carbocycles. The number of hydrogen-bond donors (Lipinski definition) is 0. The molecule has 0 nitrogen and oxygen atoms in total. The highest BCUT2D eigenvalue weighted by Crippen LogP contribution is 2.44. The number of hydrogen-bond acceptors (Lipinski definition) is 0. The van der Waals surface area contributed by atoms with Crippen LogP contribution in [0.1, 0.15) is 39.0 Å². The summed E-state index contributed by atoms with van der Waals surface area (Å²) in [6, 6.07) is 0. The highest BCUT2D eigenvalue weighted by atomic mass is 28.3. The third-order valence-electron chi connectivity index (χ3n) is 3.16. The molecule has 1 aliphatic carbocycles. The van der Waals surface area contributed by atoms with Crippen LogP contribution in [0.15, 0.2) is 0 Å². The van der Waals surface area contributed by atoms with Crippen LogP contribution in [0.5, 0.6) is 0 Å². The van der Waals surface area contributed by atoms with Gasteiger partial charge in [0.05, 0.1) is 0 Å². The zero-order valence-electron chi connectivity index (χ0n) is 7.54. The minimum Gasteiger partial charge on any atom is -0.0709 e. The summed E-state index contributed by atoms with van der Waals surface area (Å²) in [6.45, 7) is 7.44. The summed E-state index contributed by atoms with van der Waals surface area (Å²) >= 11 is 0. The van der Waals surface area contributed by atoms with Gasteiger partial charge in [-0.25, -0.2) is 0 Å². The van der Waals surface area contributed by atoms with E-state index in [0.717, 1.165) is 5.04 Å². The van der Waals surface area contributed by atoms with Gasteiger partial charge in [-0.1, -0.05) is 52.1 Å². The van der Waals surface area contributed by atoms with Crippen molar-refractivity contribution in [2.24, 2.45) is 0 Å². The lowest BCUT2D eigenvalue weighted by Crippen LogP contribution is -2.26. The first-order valence-corrected chi connectivity index (χ1v) is 6.96. The molecule has 0 N–H and O–H groups in total. The van der Waals surface area contributed by atoms with Crippen LogP contribution in [0, 0.1) is 0 Å². The van der Waals surface area contributed by atoms with Crippen LogP contribution in [-0.2, 0) is 0 Å². The Balaban J connectivity index is 2.48. The molecular weight excluding hydrogens is 136 g/mol. The van der Waals surface area contributed by atoms with Gasteiger partial charge in [0, 0.05) is 8.80 Å². The van der Waals surface area contributed by atoms with Gasteiger partial charge in [0.2, 0.25) is 0 Å². The van der Waals surface area contributed by atoms with Crippen LogP contribution in [0.25, 0.3) is 0 Å². The fraction of sp³-hybridized carbons (Fsp3) is 1.00. The monoisotopic (exact) mass is 155 g/mol. The Bertz CT molecular complexity index is 101. The minimum atomic E-state index is -0.0338. The maximum atomic E-state index is 2.50. The standard InChI is InChI=1S/C9H19Si/c1-9(10(2)3)7-5-4-6-8-9/h4-8H2,1-3H3. The Morgan fingerprint density at radius 3 is 1.80 bits per heavy atom. The Morgan fingerprint density at radius 2 is 1.50 bits per heavy atom. The van der Waals surface area contributed by atoms with Gasteiger partial charge in [-0.3, -0.25) is 0 Å². The van der Waals surface area contributed by atoms with Crippen LogP contribution >= 0.6 is 0 Å². The minimum absolute atomic E-state index is 0.0338. The van der Waals surface area contributed by atoms with E-state index in [4.69, 9.17) is 0 Å². The van der Waals surface area contributed by atoms with E-state index in [2.05, 4.69) is 20.0 Å². The van der Waals surface area contributed by atoms with E-state index < -0.39 is 0 Å². The zero-order valence-corrected chi connectivity index (χ0v) is 8.54. The molecule has 0 aromatic heterocycles. The first-order valence-electron chi connectivity index (χ1n) is 4.46. The van der Waals surface area contributed by atoms with Crippen molar-refractivity contribution >= 4 is 8.80 Å². The van der Waals surface area contributed by atoms with Gasteiger partial charge in [0.25, 0.3) is 0 Å². The van der Waals surface area contributed by atoms with Crippen LogP contribution in [0.2, 0.25) is 18.1 Å². The Morgan fingerprint density at radius 1 is 1.00 bits per heavy atom. The van der Waals surface area contributed by atoms with E-state index in [1.807, 2.05) is 0 Å². The molecule has 0 heterocycles. The summed E-state index contributed by atoms with van der Waals surface area (Å²) < 4.78 is 0. The molecule has 0 aliphatic heterocycles. The van der Waals surface area contributed by atoms with E-state index in [1.54, 1.807) is 0 Å². The fourth-order valence-electron chi connectivity index (χ4n) is 1.83. The van der Waals surface area contributed by atoms with Gasteiger partial charge in [-0.15, -0.1) is 0 Å². The predicted octanol–water partition coefficient (Wildman–Crippen LogP) is 3.47. The lowest BCUT2D eigenvalue weighted by atomic mass is 9.90. The lowest BCUT2D eigenvalue weighted by molar-refractivity contribution is 0.395. The lowest BCUT2D eigenvalue weighted by Gasteiger charge is -2.36. The summed E-state index contributed by atoms with van der Waals surface area (Å²) in [5.41, 5.74) is 0. The normalized spacial score (nSPS) is 25.2. The molecule has 0 bridgehead atoms. The predicted molar refractivity (Wildman–Crippen MR) is 48.9 cm³/mol. The second-order valence-corrected chi connectivity index (χ2v) is 7.33. The van der Waals surface area contributed by atoms with E-state index in [9.17, 15) is 0 Å². The Hall–Kier alpha value is 0.217. The molecule has 0 amide bonds. The molecule has 59 valence electrons. The average Bonchev–Trinajstić information content (AvgIpc) is 1.89. The molecule has 1 fully saturated rings. The molecule has 0 atom stereocenters. The summed E-state index contributed by atoms with van der Waals surface area (Å²) in [7, 11) is -0.0338. The van der Waals surface area contributed by atoms with Gasteiger partial charge in [-0.2, -0.15) is 0 Å². The van der Waals surface area contributed by atoms with Crippen molar-refractivity contribution in [1.29, 1.82) is 0 Å². The van der Waals surface area contributed by atoms with Crippen molar-refractivity contribution in [3.05, 3.63) is 0 Å². The van der Waals surface area contributed by atoms with Crippen molar-refractivity contribution in [2.75, 3.05) is 0 Å². The molecule has 1 aliphatic rings. The molecule has 0 unspecified atom stereocenters. The number of rotatable bonds is 1. The van der Waals surface area contributed by atoms with Crippen molar-refractivity contribution < 1.29 is 0 Å². The third kappa shape index (κ3) is 1.63. The van der Waals surface area contributed by atoms with Crippen molar-refractivity contribution in [2.45, 2.75) is 57.2 Å². The molecule has 1 saturated carbocycles. The molecule has 0 saturated heterocycles. The highest BCUT2D eigenvalue weighted by molar-refractivity contribution is 6.59. The third-order valence-corrected chi connectivity index (χ3v) is 6.08. The highest BCUT2D eigenvalue weighted by Gasteiger charge is 2.30. The van der Waals surface area contributed by atoms with Crippen molar-refractivity contribution in [3.8, 4) is 0 Å². The van der Waals surface area contributed by atoms with Gasteiger partial charge in [-0.05, 0) is 5.04 Å². The smallest absolute Gasteiger partial charge is 0.0477 e. The van der Waals surface area contributed by atoms with Crippen molar-refractivity contribution in [1.82, 2.24) is 0 Å². The van der Waals surface area contributed by atoms with E-state index in [1.165, 1.54) is 32.1 Å². The molecular formula is C9H19Si. The maximum Gasteiger partial charge on any atom is 0.0477 e. The Kier molecular flexibility index (Phi) is 2.56. The second-order valence-electron chi connectivity index (χ2n) is 4.12. The summed E-state index contributed by atoms with van der Waals surface area (Å²) in [6.07, 6.45) is 7.49. The van der Waals surface area contributed by atoms with Gasteiger partial charge >= 0.3 is 0 Å². The van der Waals surface area contributed by atoms with Gasteiger partial charge in [0.15, 0.2) is 0 Å². The van der Waals surface area contributed by atoms with Crippen molar-refractivity contribution in [3.63, 3.8) is 0 Å². The maximum absolute atomic E-state index is 2.50. The van der Waals surface area contributed by atoms with E-state index in [0.29, 0.717) is 0 Å². The largest absolute Gasteiger partial charge is 0.0709 e. The quantitative estimate of drug-likeness (QED) is 0.509. The van der Waals surface area contributed by atoms with Crippen LogP contribution < -0.4 is 0 Å². The molecule has 0 aromatic rings. The first kappa shape index (κ1) is 8.31. The molecule has 10 heavy (non-hydrogen) atoms. The van der Waals surface area contributed by atoms with Crippen LogP contribution in [-0.4, -0.2) is 8.80 Å². The Labute approximate surface area is 66.6 Å². The molecule has 0 spiro atoms. The summed E-state index contributed by atoms with van der Waals surface area (Å²) in [4.78, 5) is 0. The van der Waals surface area contributed by atoms with Crippen LogP contribution in [0.4, 0.5) is 0 Å². The van der Waals surface area contributed by atoms with E-state index in [-0.39, 0.29) is 8.80 Å². The van der Waals surface area contributed by atoms with E-state index >= 15 is 0 Å². The first-order chi connectivity index (χ1) is 4.65. The molecule has 1 heteroatoms. The van der Waals surface area contributed by atoms with Gasteiger partial charge in [0.1, 0.15) is 0 Å². The molecule has 1 rings (SSSR count). The molecule has 1 radical (unpaired) electrons.